The normalized spacial score (nSPS) is 17.4. The van der Waals surface area contributed by atoms with Crippen LogP contribution in [0.5, 0.6) is 0 Å². The number of para-hydroxylation sites is 1. The van der Waals surface area contributed by atoms with E-state index >= 15 is 8.78 Å². The second kappa shape index (κ2) is 12.1. The van der Waals surface area contributed by atoms with E-state index in [0.29, 0.717) is 30.9 Å². The van der Waals surface area contributed by atoms with Gasteiger partial charge in [0.15, 0.2) is 21.3 Å². The fourth-order valence-electron chi connectivity index (χ4n) is 6.31. The Balaban J connectivity index is 1.68. The molecule has 9 nitrogen and oxygen atoms in total. The van der Waals surface area contributed by atoms with Gasteiger partial charge in [0.25, 0.3) is 0 Å². The summed E-state index contributed by atoms with van der Waals surface area (Å²) in [4.78, 5) is 37.8. The van der Waals surface area contributed by atoms with E-state index in [1.807, 2.05) is 0 Å². The average molecular weight is 688 g/mol. The van der Waals surface area contributed by atoms with Gasteiger partial charge < -0.3 is 9.80 Å². The number of hydrogen-bond acceptors (Lipinski definition) is 7. The van der Waals surface area contributed by atoms with E-state index in [2.05, 4.69) is 16.5 Å². The first-order chi connectivity index (χ1) is 22.6. The molecule has 0 bridgehead atoms. The van der Waals surface area contributed by atoms with Crippen LogP contribution in [0.1, 0.15) is 37.3 Å². The number of fused-ring (bicyclic) bond motifs is 1. The van der Waals surface area contributed by atoms with Crippen molar-refractivity contribution in [2.45, 2.75) is 55.5 Å². The first-order valence-corrected chi connectivity index (χ1v) is 16.7. The number of hydrogen-bond donors (Lipinski definition) is 0. The number of pyridine rings is 1. The highest BCUT2D eigenvalue weighted by Crippen LogP contribution is 2.41. The molecule has 0 spiro atoms. The lowest BCUT2D eigenvalue weighted by Gasteiger charge is -2.40. The van der Waals surface area contributed by atoms with Crippen LogP contribution in [0, 0.1) is 18.6 Å². The van der Waals surface area contributed by atoms with Crippen molar-refractivity contribution in [2.75, 3.05) is 24.5 Å². The lowest BCUT2D eigenvalue weighted by molar-refractivity contribution is -0.137. The van der Waals surface area contributed by atoms with Crippen molar-refractivity contribution in [3.8, 4) is 16.9 Å². The minimum Gasteiger partial charge on any atom is -0.350 e. The Morgan fingerprint density at radius 1 is 1.04 bits per heavy atom. The molecule has 1 atom stereocenters. The summed E-state index contributed by atoms with van der Waals surface area (Å²) in [6.45, 7) is 7.27. The predicted molar refractivity (Wildman–Crippen MR) is 169 cm³/mol. The quantitative estimate of drug-likeness (QED) is 0.192. The standard InChI is InChI=1S/C33H30F5N5O4S/c1-4-26(44)41-14-15-42(19(3)17-41)30-21-16-24(35)28(27-22(33(36,37)38)11-7-12-23(27)34)39-31(21)43(32(45)40-30)29-18(2)8-5-13-25(29)48(46,47)20-9-6-10-20/h4-5,7-8,11-13,16,19-20H,1,6,9-10,14-15,17H2,2-3H3/t19-/m0/s1. The van der Waals surface area contributed by atoms with Crippen LogP contribution in [-0.2, 0) is 20.8 Å². The number of piperazine rings is 1. The number of aryl methyl sites for hydroxylation is 1. The van der Waals surface area contributed by atoms with E-state index in [1.165, 1.54) is 17.0 Å². The molecule has 0 N–H and O–H groups in total. The fraction of sp³-hybridized carbons (Fsp3) is 0.333. The molecule has 2 aromatic heterocycles. The van der Waals surface area contributed by atoms with Crippen LogP contribution in [0.4, 0.5) is 27.8 Å². The Hall–Kier alpha value is -4.66. The Kier molecular flexibility index (Phi) is 8.38. The van der Waals surface area contributed by atoms with E-state index in [9.17, 15) is 31.2 Å². The van der Waals surface area contributed by atoms with Crippen molar-refractivity contribution in [2.24, 2.45) is 0 Å². The van der Waals surface area contributed by atoms with Gasteiger partial charge >= 0.3 is 11.9 Å². The summed E-state index contributed by atoms with van der Waals surface area (Å²) in [5.74, 6) is -3.13. The number of nitrogens with zero attached hydrogens (tertiary/aromatic N) is 5. The summed E-state index contributed by atoms with van der Waals surface area (Å²) in [6, 6.07) is 6.87. The minimum absolute atomic E-state index is 0.0797. The summed E-state index contributed by atoms with van der Waals surface area (Å²) < 4.78 is 102. The number of aromatic nitrogens is 3. The van der Waals surface area contributed by atoms with Crippen LogP contribution in [-0.4, -0.2) is 64.7 Å². The average Bonchev–Trinajstić information content (AvgIpc) is 2.99. The predicted octanol–water partition coefficient (Wildman–Crippen LogP) is 5.60. The second-order valence-corrected chi connectivity index (χ2v) is 14.2. The maximum atomic E-state index is 16.1. The molecule has 0 radical (unpaired) electrons. The summed E-state index contributed by atoms with van der Waals surface area (Å²) >= 11 is 0. The van der Waals surface area contributed by atoms with E-state index in [0.717, 1.165) is 28.8 Å². The number of carbonyl (C=O) groups excluding carboxylic acids is 1. The van der Waals surface area contributed by atoms with E-state index < -0.39 is 67.1 Å². The van der Waals surface area contributed by atoms with E-state index in [1.54, 1.807) is 24.8 Å². The molecule has 1 amide bonds. The minimum atomic E-state index is -5.10. The number of benzene rings is 2. The molecular weight excluding hydrogens is 657 g/mol. The first-order valence-electron chi connectivity index (χ1n) is 15.2. The number of amides is 1. The molecule has 2 fully saturated rings. The summed E-state index contributed by atoms with van der Waals surface area (Å²) in [7, 11) is -4.00. The summed E-state index contributed by atoms with van der Waals surface area (Å²) in [5.41, 5.74) is -4.98. The number of alkyl halides is 3. The topological polar surface area (TPSA) is 105 Å². The highest BCUT2D eigenvalue weighted by molar-refractivity contribution is 7.92. The number of rotatable bonds is 6. The van der Waals surface area contributed by atoms with Crippen molar-refractivity contribution in [1.82, 2.24) is 19.4 Å². The van der Waals surface area contributed by atoms with E-state index in [-0.39, 0.29) is 47.3 Å². The van der Waals surface area contributed by atoms with Gasteiger partial charge in [-0.15, -0.1) is 0 Å². The monoisotopic (exact) mass is 687 g/mol. The van der Waals surface area contributed by atoms with Gasteiger partial charge in [-0.2, -0.15) is 18.2 Å². The van der Waals surface area contributed by atoms with Crippen molar-refractivity contribution in [3.05, 3.63) is 88.4 Å². The Morgan fingerprint density at radius 3 is 2.38 bits per heavy atom. The molecule has 1 saturated heterocycles. The molecule has 48 heavy (non-hydrogen) atoms. The molecule has 2 aliphatic rings. The Bertz CT molecular complexity index is 2150. The largest absolute Gasteiger partial charge is 0.417 e. The van der Waals surface area contributed by atoms with Gasteiger partial charge in [-0.25, -0.2) is 31.5 Å². The molecule has 6 rings (SSSR count). The molecule has 3 heterocycles. The van der Waals surface area contributed by atoms with Crippen molar-refractivity contribution in [1.29, 1.82) is 0 Å². The highest BCUT2D eigenvalue weighted by atomic mass is 32.2. The molecule has 15 heteroatoms. The number of carbonyl (C=O) groups is 1. The van der Waals surface area contributed by atoms with Gasteiger partial charge in [-0.05, 0) is 62.6 Å². The van der Waals surface area contributed by atoms with E-state index in [4.69, 9.17) is 0 Å². The molecule has 1 saturated carbocycles. The lowest BCUT2D eigenvalue weighted by Crippen LogP contribution is -2.54. The van der Waals surface area contributed by atoms with Gasteiger partial charge in [0.05, 0.1) is 32.3 Å². The molecular formula is C33H30F5N5O4S. The van der Waals surface area contributed by atoms with Crippen molar-refractivity contribution in [3.63, 3.8) is 0 Å². The van der Waals surface area contributed by atoms with Crippen molar-refractivity contribution < 1.29 is 35.2 Å². The van der Waals surface area contributed by atoms with Crippen LogP contribution in [0.15, 0.2) is 64.8 Å². The number of halogens is 5. The molecule has 1 aliphatic heterocycles. The van der Waals surface area contributed by atoms with Gasteiger partial charge in [-0.1, -0.05) is 31.2 Å². The summed E-state index contributed by atoms with van der Waals surface area (Å²) in [6.07, 6.45) is -2.43. The molecule has 4 aromatic rings. The van der Waals surface area contributed by atoms with Gasteiger partial charge in [0, 0.05) is 25.7 Å². The Labute approximate surface area is 272 Å². The first kappa shape index (κ1) is 33.2. The highest BCUT2D eigenvalue weighted by Gasteiger charge is 2.38. The van der Waals surface area contributed by atoms with Gasteiger partial charge in [-0.3, -0.25) is 4.79 Å². The van der Waals surface area contributed by atoms with Gasteiger partial charge in [0.1, 0.15) is 17.3 Å². The molecule has 1 aliphatic carbocycles. The SMILES string of the molecule is C=CC(=O)N1CCN(c2nc(=O)n(-c3c(C)cccc3S(=O)(=O)C3CCC3)c3nc(-c4c(F)cccc4C(F)(F)F)c(F)cc23)[C@@H](C)C1. The number of anilines is 1. The Morgan fingerprint density at radius 2 is 1.75 bits per heavy atom. The van der Waals surface area contributed by atoms with Crippen LogP contribution in [0.2, 0.25) is 0 Å². The third-order valence-electron chi connectivity index (χ3n) is 8.96. The maximum Gasteiger partial charge on any atom is 0.417 e. The molecule has 0 unspecified atom stereocenters. The molecule has 252 valence electrons. The number of sulfone groups is 1. The fourth-order valence-corrected chi connectivity index (χ4v) is 8.42. The maximum absolute atomic E-state index is 16.1. The van der Waals surface area contributed by atoms with Crippen LogP contribution >= 0.6 is 0 Å². The summed E-state index contributed by atoms with van der Waals surface area (Å²) in [5, 5.41) is -0.845. The van der Waals surface area contributed by atoms with Crippen LogP contribution < -0.4 is 10.6 Å². The zero-order valence-corrected chi connectivity index (χ0v) is 26.7. The zero-order chi connectivity index (χ0) is 34.7. The second-order valence-electron chi connectivity index (χ2n) is 12.0. The van der Waals surface area contributed by atoms with Crippen molar-refractivity contribution >= 4 is 32.6 Å². The zero-order valence-electron chi connectivity index (χ0n) is 25.9. The third kappa shape index (κ3) is 5.53. The van der Waals surface area contributed by atoms with Crippen LogP contribution in [0.25, 0.3) is 28.0 Å². The lowest BCUT2D eigenvalue weighted by atomic mass is 10.00. The van der Waals surface area contributed by atoms with Crippen LogP contribution in [0.3, 0.4) is 0 Å². The third-order valence-corrected chi connectivity index (χ3v) is 11.3. The smallest absolute Gasteiger partial charge is 0.350 e. The van der Waals surface area contributed by atoms with Gasteiger partial charge in [0.2, 0.25) is 5.91 Å². The molecule has 2 aromatic carbocycles.